The molecule has 1 N–H and O–H groups in total. The SMILES string of the molecule is O=C(CCCCCCCCCCN1C(=O)C=CC1=O)NCc1ccc2ccc3cccc4ccc1c2c34. The van der Waals surface area contributed by atoms with Gasteiger partial charge in [0.1, 0.15) is 0 Å². The molecule has 0 bridgehead atoms. The van der Waals surface area contributed by atoms with Gasteiger partial charge in [-0.3, -0.25) is 19.3 Å². The Morgan fingerprint density at radius 3 is 1.92 bits per heavy atom. The van der Waals surface area contributed by atoms with E-state index in [0.717, 1.165) is 56.9 Å². The number of unbranched alkanes of at least 4 members (excludes halogenated alkanes) is 7. The number of hydrogen-bond donors (Lipinski definition) is 1. The molecule has 37 heavy (non-hydrogen) atoms. The average molecular weight is 495 g/mol. The smallest absolute Gasteiger partial charge is 0.253 e. The first kappa shape index (κ1) is 24.9. The third-order valence-electron chi connectivity index (χ3n) is 7.53. The van der Waals surface area contributed by atoms with Crippen LogP contribution in [0.5, 0.6) is 0 Å². The number of rotatable bonds is 13. The predicted octanol–water partition coefficient (Wildman–Crippen LogP) is 6.64. The molecule has 4 aromatic carbocycles. The zero-order chi connectivity index (χ0) is 25.6. The summed E-state index contributed by atoms with van der Waals surface area (Å²) in [6.07, 6.45) is 11.7. The summed E-state index contributed by atoms with van der Waals surface area (Å²) in [5.74, 6) is -0.263. The lowest BCUT2D eigenvalue weighted by Crippen LogP contribution is -2.30. The van der Waals surface area contributed by atoms with Crippen molar-refractivity contribution in [3.63, 3.8) is 0 Å². The third-order valence-corrected chi connectivity index (χ3v) is 7.53. The lowest BCUT2D eigenvalue weighted by Gasteiger charge is -2.14. The molecule has 0 unspecified atom stereocenters. The van der Waals surface area contributed by atoms with Crippen molar-refractivity contribution in [1.82, 2.24) is 10.2 Å². The van der Waals surface area contributed by atoms with Crippen LogP contribution in [-0.2, 0) is 20.9 Å². The molecule has 0 spiro atoms. The number of nitrogens with zero attached hydrogens (tertiary/aromatic N) is 1. The number of carbonyl (C=O) groups excluding carboxylic acids is 3. The van der Waals surface area contributed by atoms with E-state index >= 15 is 0 Å². The molecule has 3 amide bonds. The summed E-state index contributed by atoms with van der Waals surface area (Å²) in [5.41, 5.74) is 1.16. The van der Waals surface area contributed by atoms with Crippen molar-refractivity contribution in [2.75, 3.05) is 6.54 Å². The van der Waals surface area contributed by atoms with Crippen LogP contribution in [0.4, 0.5) is 0 Å². The molecule has 4 aromatic rings. The van der Waals surface area contributed by atoms with Crippen LogP contribution in [-0.4, -0.2) is 29.2 Å². The van der Waals surface area contributed by atoms with Crippen LogP contribution < -0.4 is 5.32 Å². The summed E-state index contributed by atoms with van der Waals surface area (Å²) in [5, 5.41) is 10.7. The summed E-state index contributed by atoms with van der Waals surface area (Å²) < 4.78 is 0. The Morgan fingerprint density at radius 2 is 1.22 bits per heavy atom. The van der Waals surface area contributed by atoms with Crippen LogP contribution in [0, 0.1) is 0 Å². The fourth-order valence-corrected chi connectivity index (χ4v) is 5.50. The van der Waals surface area contributed by atoms with Gasteiger partial charge in [0.15, 0.2) is 0 Å². The van der Waals surface area contributed by atoms with E-state index in [4.69, 9.17) is 0 Å². The van der Waals surface area contributed by atoms with Crippen LogP contribution in [0.1, 0.15) is 63.4 Å². The Kier molecular flexibility index (Phi) is 7.79. The summed E-state index contributed by atoms with van der Waals surface area (Å²) in [4.78, 5) is 36.8. The van der Waals surface area contributed by atoms with Crippen molar-refractivity contribution in [2.24, 2.45) is 0 Å². The van der Waals surface area contributed by atoms with Gasteiger partial charge < -0.3 is 5.32 Å². The first-order valence-electron chi connectivity index (χ1n) is 13.6. The van der Waals surface area contributed by atoms with Gasteiger partial charge in [0.05, 0.1) is 0 Å². The maximum Gasteiger partial charge on any atom is 0.253 e. The zero-order valence-corrected chi connectivity index (χ0v) is 21.3. The molecule has 5 rings (SSSR count). The Bertz CT molecular complexity index is 1420. The maximum atomic E-state index is 12.5. The van der Waals surface area contributed by atoms with Gasteiger partial charge in [-0.2, -0.15) is 0 Å². The third kappa shape index (κ3) is 5.66. The van der Waals surface area contributed by atoms with Gasteiger partial charge in [0.25, 0.3) is 11.8 Å². The molecule has 0 saturated heterocycles. The topological polar surface area (TPSA) is 66.5 Å². The van der Waals surface area contributed by atoms with Crippen molar-refractivity contribution >= 4 is 50.0 Å². The Hall–Kier alpha value is -3.73. The highest BCUT2D eigenvalue weighted by Gasteiger charge is 2.22. The molecular formula is C32H34N2O3. The number of amides is 3. The maximum absolute atomic E-state index is 12.5. The van der Waals surface area contributed by atoms with Gasteiger partial charge >= 0.3 is 0 Å². The molecule has 5 heteroatoms. The van der Waals surface area contributed by atoms with E-state index in [2.05, 4.69) is 59.9 Å². The number of benzene rings is 4. The van der Waals surface area contributed by atoms with Crippen LogP contribution in [0.15, 0.2) is 66.7 Å². The highest BCUT2D eigenvalue weighted by atomic mass is 16.2. The van der Waals surface area contributed by atoms with Gasteiger partial charge in [-0.25, -0.2) is 0 Å². The molecule has 0 fully saturated rings. The lowest BCUT2D eigenvalue weighted by molar-refractivity contribution is -0.136. The second kappa shape index (κ2) is 11.5. The lowest BCUT2D eigenvalue weighted by atomic mass is 9.92. The molecule has 0 saturated carbocycles. The van der Waals surface area contributed by atoms with Crippen LogP contribution >= 0.6 is 0 Å². The van der Waals surface area contributed by atoms with Crippen LogP contribution in [0.3, 0.4) is 0 Å². The molecule has 1 aliphatic rings. The quantitative estimate of drug-likeness (QED) is 0.129. The Balaban J connectivity index is 0.991. The van der Waals surface area contributed by atoms with E-state index in [1.54, 1.807) is 0 Å². The van der Waals surface area contributed by atoms with E-state index in [-0.39, 0.29) is 17.7 Å². The van der Waals surface area contributed by atoms with Crippen molar-refractivity contribution in [3.05, 3.63) is 72.3 Å². The number of nitrogens with one attached hydrogen (secondary N) is 1. The first-order chi connectivity index (χ1) is 18.1. The fraction of sp³-hybridized carbons (Fsp3) is 0.344. The zero-order valence-electron chi connectivity index (χ0n) is 21.3. The molecule has 0 aromatic heterocycles. The summed E-state index contributed by atoms with van der Waals surface area (Å²) in [6, 6.07) is 19.5. The highest BCUT2D eigenvalue weighted by Crippen LogP contribution is 2.35. The summed E-state index contributed by atoms with van der Waals surface area (Å²) in [6.45, 7) is 1.08. The molecule has 1 heterocycles. The molecule has 190 valence electrons. The molecular weight excluding hydrogens is 460 g/mol. The van der Waals surface area contributed by atoms with Gasteiger partial charge in [0, 0.05) is 31.7 Å². The Morgan fingerprint density at radius 1 is 0.649 bits per heavy atom. The summed E-state index contributed by atoms with van der Waals surface area (Å²) >= 11 is 0. The first-order valence-corrected chi connectivity index (χ1v) is 13.6. The Labute approximate surface area is 217 Å². The second-order valence-corrected chi connectivity index (χ2v) is 10.1. The van der Waals surface area contributed by atoms with Crippen LogP contribution in [0.2, 0.25) is 0 Å². The van der Waals surface area contributed by atoms with Gasteiger partial charge in [0.2, 0.25) is 5.91 Å². The molecule has 0 aliphatic carbocycles. The molecule has 0 radical (unpaired) electrons. The number of imide groups is 1. The largest absolute Gasteiger partial charge is 0.352 e. The van der Waals surface area contributed by atoms with Crippen molar-refractivity contribution in [1.29, 1.82) is 0 Å². The molecule has 0 atom stereocenters. The van der Waals surface area contributed by atoms with Crippen LogP contribution in [0.25, 0.3) is 32.3 Å². The molecule has 1 aliphatic heterocycles. The average Bonchev–Trinajstić information content (AvgIpc) is 3.24. The monoisotopic (exact) mass is 494 g/mol. The van der Waals surface area contributed by atoms with Gasteiger partial charge in [-0.1, -0.05) is 93.1 Å². The van der Waals surface area contributed by atoms with E-state index in [0.29, 0.717) is 19.5 Å². The minimum Gasteiger partial charge on any atom is -0.352 e. The number of carbonyl (C=O) groups is 3. The van der Waals surface area contributed by atoms with Gasteiger partial charge in [-0.05, 0) is 50.7 Å². The van der Waals surface area contributed by atoms with E-state index in [1.165, 1.54) is 49.4 Å². The van der Waals surface area contributed by atoms with E-state index < -0.39 is 0 Å². The number of hydrogen-bond acceptors (Lipinski definition) is 3. The highest BCUT2D eigenvalue weighted by molar-refractivity contribution is 6.23. The predicted molar refractivity (Wildman–Crippen MR) is 149 cm³/mol. The minimum atomic E-state index is -0.190. The fourth-order valence-electron chi connectivity index (χ4n) is 5.50. The summed E-state index contributed by atoms with van der Waals surface area (Å²) in [7, 11) is 0. The minimum absolute atomic E-state index is 0.117. The van der Waals surface area contributed by atoms with E-state index in [9.17, 15) is 14.4 Å². The second-order valence-electron chi connectivity index (χ2n) is 10.1. The normalized spacial score (nSPS) is 13.6. The van der Waals surface area contributed by atoms with Crippen molar-refractivity contribution < 1.29 is 14.4 Å². The van der Waals surface area contributed by atoms with Gasteiger partial charge in [-0.15, -0.1) is 0 Å². The molecule has 5 nitrogen and oxygen atoms in total. The standard InChI is InChI=1S/C32H34N2O3/c35-28(12-7-5-3-1-2-4-6-8-21-34-29(36)19-20-30(34)37)33-22-26-16-15-25-14-13-23-10-9-11-24-17-18-27(26)32(25)31(23)24/h9-11,13-20H,1-8,12,21-22H2,(H,33,35). The van der Waals surface area contributed by atoms with E-state index in [1.807, 2.05) is 0 Å². The van der Waals surface area contributed by atoms with Crippen molar-refractivity contribution in [3.8, 4) is 0 Å². The van der Waals surface area contributed by atoms with Crippen molar-refractivity contribution in [2.45, 2.75) is 64.3 Å².